The Labute approximate surface area is 192 Å². The number of carbonyl (C=O) groups excluding carboxylic acids is 1. The highest BCUT2D eigenvalue weighted by molar-refractivity contribution is 7.25. The number of hydrogen-bond acceptors (Lipinski definition) is 5. The third-order valence-corrected chi connectivity index (χ3v) is 6.48. The molecule has 0 atom stereocenters. The fourth-order valence-corrected chi connectivity index (χ4v) is 4.99. The SMILES string of the molecule is Cc1cc(C)c2c(n1)sc1c(=O)n(-c3cccc(C(=O)Nc4ccc(Cl)cc4)c3)cnc12. The lowest BCUT2D eigenvalue weighted by Gasteiger charge is -2.09. The Kier molecular flexibility index (Phi) is 5.00. The number of pyridine rings is 1. The number of rotatable bonds is 3. The van der Waals surface area contributed by atoms with Gasteiger partial charge >= 0.3 is 0 Å². The van der Waals surface area contributed by atoms with Gasteiger partial charge in [-0.05, 0) is 67.9 Å². The minimum atomic E-state index is -0.284. The summed E-state index contributed by atoms with van der Waals surface area (Å²) in [5.74, 6) is -0.284. The molecule has 0 aliphatic carbocycles. The van der Waals surface area contributed by atoms with Crippen LogP contribution in [0.15, 0.2) is 65.7 Å². The summed E-state index contributed by atoms with van der Waals surface area (Å²) in [6.07, 6.45) is 1.51. The van der Waals surface area contributed by atoms with E-state index in [4.69, 9.17) is 11.6 Å². The lowest BCUT2D eigenvalue weighted by atomic mass is 10.1. The highest BCUT2D eigenvalue weighted by atomic mass is 35.5. The quantitative estimate of drug-likeness (QED) is 0.384. The van der Waals surface area contributed by atoms with Crippen molar-refractivity contribution >= 4 is 55.0 Å². The molecular formula is C24H17ClN4O2S. The van der Waals surface area contributed by atoms with E-state index >= 15 is 0 Å². The van der Waals surface area contributed by atoms with Crippen LogP contribution < -0.4 is 10.9 Å². The van der Waals surface area contributed by atoms with Crippen molar-refractivity contribution < 1.29 is 4.79 Å². The Hall–Kier alpha value is -3.55. The molecule has 0 spiro atoms. The molecule has 0 fully saturated rings. The molecule has 0 unspecified atom stereocenters. The van der Waals surface area contributed by atoms with Gasteiger partial charge < -0.3 is 5.32 Å². The number of anilines is 1. The summed E-state index contributed by atoms with van der Waals surface area (Å²) < 4.78 is 2.00. The number of aromatic nitrogens is 3. The molecule has 2 aromatic carbocycles. The minimum absolute atomic E-state index is 0.190. The molecule has 1 N–H and O–H groups in total. The third kappa shape index (κ3) is 3.55. The number of fused-ring (bicyclic) bond motifs is 3. The van der Waals surface area contributed by atoms with Crippen LogP contribution in [0.5, 0.6) is 0 Å². The van der Waals surface area contributed by atoms with Crippen LogP contribution in [-0.2, 0) is 0 Å². The summed E-state index contributed by atoms with van der Waals surface area (Å²) in [6, 6.07) is 15.7. The average Bonchev–Trinajstić information content (AvgIpc) is 3.15. The van der Waals surface area contributed by atoms with Gasteiger partial charge in [-0.25, -0.2) is 9.97 Å². The highest BCUT2D eigenvalue weighted by Crippen LogP contribution is 2.32. The fraction of sp³-hybridized carbons (Fsp3) is 0.0833. The molecule has 6 nitrogen and oxygen atoms in total. The van der Waals surface area contributed by atoms with Crippen LogP contribution in [0.3, 0.4) is 0 Å². The van der Waals surface area contributed by atoms with Crippen molar-refractivity contribution in [1.82, 2.24) is 14.5 Å². The molecule has 8 heteroatoms. The fourth-order valence-electron chi connectivity index (χ4n) is 3.69. The predicted molar refractivity (Wildman–Crippen MR) is 129 cm³/mol. The molecule has 0 aliphatic heterocycles. The summed E-state index contributed by atoms with van der Waals surface area (Å²) in [4.78, 5) is 35.9. The van der Waals surface area contributed by atoms with Gasteiger partial charge in [0.1, 0.15) is 15.9 Å². The molecule has 32 heavy (non-hydrogen) atoms. The van der Waals surface area contributed by atoms with Crippen LogP contribution in [0.1, 0.15) is 21.6 Å². The molecule has 1 amide bonds. The van der Waals surface area contributed by atoms with E-state index in [9.17, 15) is 9.59 Å². The van der Waals surface area contributed by atoms with Crippen LogP contribution in [0, 0.1) is 13.8 Å². The van der Waals surface area contributed by atoms with Crippen molar-refractivity contribution in [2.45, 2.75) is 13.8 Å². The first-order valence-corrected chi connectivity index (χ1v) is 11.1. The number of halogens is 1. The Balaban J connectivity index is 1.55. The van der Waals surface area contributed by atoms with Gasteiger partial charge in [-0.2, -0.15) is 0 Å². The molecule has 0 saturated carbocycles. The zero-order valence-electron chi connectivity index (χ0n) is 17.2. The number of carbonyl (C=O) groups is 1. The van der Waals surface area contributed by atoms with E-state index in [-0.39, 0.29) is 11.5 Å². The molecule has 3 aromatic heterocycles. The lowest BCUT2D eigenvalue weighted by molar-refractivity contribution is 0.102. The van der Waals surface area contributed by atoms with E-state index < -0.39 is 0 Å². The number of amides is 1. The molecule has 0 aliphatic rings. The molecule has 5 aromatic rings. The molecular weight excluding hydrogens is 444 g/mol. The van der Waals surface area contributed by atoms with E-state index in [0.29, 0.717) is 32.2 Å². The third-order valence-electron chi connectivity index (χ3n) is 5.17. The van der Waals surface area contributed by atoms with E-state index in [0.717, 1.165) is 21.5 Å². The first-order valence-electron chi connectivity index (χ1n) is 9.86. The van der Waals surface area contributed by atoms with Crippen molar-refractivity contribution in [3.63, 3.8) is 0 Å². The molecule has 0 radical (unpaired) electrons. The normalized spacial score (nSPS) is 11.2. The number of benzene rings is 2. The molecule has 158 valence electrons. The monoisotopic (exact) mass is 460 g/mol. The van der Waals surface area contributed by atoms with Crippen LogP contribution in [0.2, 0.25) is 5.02 Å². The van der Waals surface area contributed by atoms with Crippen LogP contribution >= 0.6 is 22.9 Å². The lowest BCUT2D eigenvalue weighted by Crippen LogP contribution is -2.19. The van der Waals surface area contributed by atoms with Gasteiger partial charge in [0.25, 0.3) is 11.5 Å². The summed E-state index contributed by atoms with van der Waals surface area (Å²) in [5.41, 5.74) is 4.04. The first kappa shape index (κ1) is 20.4. The van der Waals surface area contributed by atoms with Gasteiger partial charge in [0.15, 0.2) is 0 Å². The second kappa shape index (κ2) is 7.85. The van der Waals surface area contributed by atoms with Crippen molar-refractivity contribution in [2.75, 3.05) is 5.32 Å². The number of nitrogens with zero attached hydrogens (tertiary/aromatic N) is 3. The van der Waals surface area contributed by atoms with E-state index in [1.165, 1.54) is 22.2 Å². The Morgan fingerprint density at radius 3 is 2.66 bits per heavy atom. The van der Waals surface area contributed by atoms with Gasteiger partial charge in [0.05, 0.1) is 11.2 Å². The van der Waals surface area contributed by atoms with Crippen LogP contribution in [0.4, 0.5) is 5.69 Å². The summed E-state index contributed by atoms with van der Waals surface area (Å²) in [7, 11) is 0. The summed E-state index contributed by atoms with van der Waals surface area (Å²) in [5, 5.41) is 4.34. The maximum atomic E-state index is 13.3. The largest absolute Gasteiger partial charge is 0.322 e. The van der Waals surface area contributed by atoms with Crippen molar-refractivity contribution in [1.29, 1.82) is 0 Å². The van der Waals surface area contributed by atoms with Gasteiger partial charge in [-0.15, -0.1) is 11.3 Å². The standard InChI is InChI=1S/C24H17ClN4O2S/c1-13-10-14(2)27-23-19(13)20-21(32-23)24(31)29(12-26-20)18-5-3-4-15(11-18)22(30)28-17-8-6-16(25)7-9-17/h3-12H,1-2H3,(H,28,30). The van der Waals surface area contributed by atoms with Crippen LogP contribution in [-0.4, -0.2) is 20.4 Å². The molecule has 5 rings (SSSR count). The van der Waals surface area contributed by atoms with Crippen molar-refractivity contribution in [3.8, 4) is 5.69 Å². The van der Waals surface area contributed by atoms with Gasteiger partial charge in [-0.3, -0.25) is 14.2 Å². The smallest absolute Gasteiger partial charge is 0.275 e. The summed E-state index contributed by atoms with van der Waals surface area (Å²) >= 11 is 7.24. The molecule has 0 saturated heterocycles. The maximum Gasteiger partial charge on any atom is 0.275 e. The van der Waals surface area contributed by atoms with Crippen molar-refractivity contribution in [3.05, 3.63) is 93.1 Å². The number of aryl methyl sites for hydroxylation is 2. The highest BCUT2D eigenvalue weighted by Gasteiger charge is 2.16. The zero-order valence-corrected chi connectivity index (χ0v) is 18.8. The predicted octanol–water partition coefficient (Wildman–Crippen LogP) is 5.52. The zero-order chi connectivity index (χ0) is 22.4. The Morgan fingerprint density at radius 2 is 1.88 bits per heavy atom. The number of nitrogens with one attached hydrogen (secondary N) is 1. The van der Waals surface area contributed by atoms with E-state index in [1.807, 2.05) is 19.9 Å². The maximum absolute atomic E-state index is 13.3. The van der Waals surface area contributed by atoms with Crippen LogP contribution in [0.25, 0.3) is 26.1 Å². The van der Waals surface area contributed by atoms with Gasteiger partial charge in [0, 0.05) is 27.4 Å². The Morgan fingerprint density at radius 1 is 1.09 bits per heavy atom. The second-order valence-electron chi connectivity index (χ2n) is 7.47. The van der Waals surface area contributed by atoms with E-state index in [1.54, 1.807) is 48.5 Å². The first-order chi connectivity index (χ1) is 15.4. The van der Waals surface area contributed by atoms with E-state index in [2.05, 4.69) is 15.3 Å². The number of hydrogen-bond donors (Lipinski definition) is 1. The minimum Gasteiger partial charge on any atom is -0.322 e. The average molecular weight is 461 g/mol. The van der Waals surface area contributed by atoms with Gasteiger partial charge in [-0.1, -0.05) is 17.7 Å². The topological polar surface area (TPSA) is 76.9 Å². The Bertz CT molecular complexity index is 1570. The summed E-state index contributed by atoms with van der Waals surface area (Å²) in [6.45, 7) is 3.93. The van der Waals surface area contributed by atoms with Gasteiger partial charge in [0.2, 0.25) is 0 Å². The molecule has 3 heterocycles. The second-order valence-corrected chi connectivity index (χ2v) is 8.91. The van der Waals surface area contributed by atoms with Crippen molar-refractivity contribution in [2.24, 2.45) is 0 Å². The number of thiophene rings is 1. The molecule has 0 bridgehead atoms.